The molecule has 0 spiro atoms. The fourth-order valence-electron chi connectivity index (χ4n) is 0.204. The van der Waals surface area contributed by atoms with Gasteiger partial charge in [0.15, 0.2) is 0 Å². The molecule has 0 atom stereocenters. The second kappa shape index (κ2) is 54.5. The summed E-state index contributed by atoms with van der Waals surface area (Å²) in [5.41, 5.74) is 0. The summed E-state index contributed by atoms with van der Waals surface area (Å²) >= 11 is 0. The summed E-state index contributed by atoms with van der Waals surface area (Å²) < 4.78 is 4.83. The summed E-state index contributed by atoms with van der Waals surface area (Å²) in [6.45, 7) is 19.8. The van der Waals surface area contributed by atoms with Crippen LogP contribution in [0.25, 0.3) is 0 Å². The van der Waals surface area contributed by atoms with Crippen LogP contribution in [-0.4, -0.2) is 13.2 Å². The molecular formula is C12H26Li2NiO. The summed E-state index contributed by atoms with van der Waals surface area (Å²) in [4.78, 5) is 0. The van der Waals surface area contributed by atoms with Crippen LogP contribution < -0.4 is 37.7 Å². The molecule has 0 aromatic rings. The van der Waals surface area contributed by atoms with Crippen LogP contribution >= 0.6 is 0 Å². The van der Waals surface area contributed by atoms with Crippen molar-refractivity contribution in [1.29, 1.82) is 0 Å². The first-order chi connectivity index (χ1) is 6.24. The molecule has 0 fully saturated rings. The van der Waals surface area contributed by atoms with Crippen molar-refractivity contribution in [3.63, 3.8) is 0 Å². The van der Waals surface area contributed by atoms with Crippen LogP contribution in [0.1, 0.15) is 39.5 Å². The monoisotopic (exact) mass is 258 g/mol. The molecule has 0 amide bonds. The van der Waals surface area contributed by atoms with E-state index in [4.69, 9.17) is 4.74 Å². The summed E-state index contributed by atoms with van der Waals surface area (Å²) in [5.74, 6) is 0. The van der Waals surface area contributed by atoms with E-state index < -0.39 is 0 Å². The topological polar surface area (TPSA) is 9.23 Å². The van der Waals surface area contributed by atoms with Gasteiger partial charge in [0.1, 0.15) is 0 Å². The van der Waals surface area contributed by atoms with Gasteiger partial charge < -0.3 is 32.4 Å². The van der Waals surface area contributed by atoms with E-state index in [2.05, 4.69) is 27.7 Å². The van der Waals surface area contributed by atoms with Gasteiger partial charge in [-0.3, -0.25) is 0 Å². The Kier molecular flexibility index (Phi) is 123. The Morgan fingerprint density at radius 1 is 0.688 bits per heavy atom. The number of hydrogen-bond acceptors (Lipinski definition) is 1. The van der Waals surface area contributed by atoms with E-state index in [1.165, 1.54) is 0 Å². The predicted molar refractivity (Wildman–Crippen MR) is 62.1 cm³/mol. The van der Waals surface area contributed by atoms with Gasteiger partial charge in [0.2, 0.25) is 0 Å². The van der Waals surface area contributed by atoms with E-state index >= 15 is 0 Å². The average Bonchev–Trinajstić information content (AvgIpc) is 2.20. The minimum absolute atomic E-state index is 0. The Morgan fingerprint density at radius 3 is 0.875 bits per heavy atom. The molecule has 0 unspecified atom stereocenters. The standard InChI is InChI=1S/C4H10O.2C4H8.2Li.Ni/c1-3-5-4-2;2*1-3-4-2;;;/h3-4H2,1-2H3;2*1-4H2;;;/q;2*-2;2*+1;+2. The molecule has 0 aromatic heterocycles. The van der Waals surface area contributed by atoms with Gasteiger partial charge in [0, 0.05) is 13.2 Å². The molecule has 0 aliphatic carbocycles. The van der Waals surface area contributed by atoms with Crippen molar-refractivity contribution < 1.29 is 58.9 Å². The number of unbranched alkanes of at least 4 members (excludes halogenated alkanes) is 2. The molecule has 0 bridgehead atoms. The summed E-state index contributed by atoms with van der Waals surface area (Å²) in [7, 11) is 0. The zero-order valence-electron chi connectivity index (χ0n) is 11.8. The molecule has 16 heavy (non-hydrogen) atoms. The third kappa shape index (κ3) is 105. The molecule has 0 aliphatic rings. The second-order valence-corrected chi connectivity index (χ2v) is 2.20. The normalized spacial score (nSPS) is 6.38. The second-order valence-electron chi connectivity index (χ2n) is 2.20. The van der Waals surface area contributed by atoms with Crippen LogP contribution in [-0.2, 0) is 21.2 Å². The van der Waals surface area contributed by atoms with Crippen LogP contribution in [0.5, 0.6) is 0 Å². The minimum atomic E-state index is 0. The van der Waals surface area contributed by atoms with Gasteiger partial charge in [0.05, 0.1) is 0 Å². The first kappa shape index (κ1) is 36.1. The maximum Gasteiger partial charge on any atom is 2.00 e. The molecular weight excluding hydrogens is 233 g/mol. The van der Waals surface area contributed by atoms with E-state index in [-0.39, 0.29) is 54.2 Å². The molecule has 4 heteroatoms. The number of rotatable bonds is 4. The maximum atomic E-state index is 4.83. The maximum absolute atomic E-state index is 4.83. The smallest absolute Gasteiger partial charge is 0.382 e. The molecule has 0 aromatic carbocycles. The van der Waals surface area contributed by atoms with Gasteiger partial charge in [-0.15, -0.1) is 0 Å². The van der Waals surface area contributed by atoms with E-state index in [0.717, 1.165) is 38.9 Å². The van der Waals surface area contributed by atoms with Gasteiger partial charge in [-0.25, -0.2) is 25.7 Å². The van der Waals surface area contributed by atoms with Gasteiger partial charge in [-0.2, -0.15) is 0 Å². The Balaban J connectivity index is -0.0000000216. The van der Waals surface area contributed by atoms with Crippen LogP contribution in [0.15, 0.2) is 0 Å². The van der Waals surface area contributed by atoms with Gasteiger partial charge in [-0.1, -0.05) is 0 Å². The Labute approximate surface area is 139 Å². The first-order valence-corrected chi connectivity index (χ1v) is 4.99. The Morgan fingerprint density at radius 2 is 0.875 bits per heavy atom. The molecule has 92 valence electrons. The van der Waals surface area contributed by atoms with Crippen molar-refractivity contribution >= 4 is 0 Å². The summed E-state index contributed by atoms with van der Waals surface area (Å²) in [6.07, 6.45) is 3.83. The molecule has 0 aliphatic heterocycles. The molecule has 0 rings (SSSR count). The molecule has 0 saturated heterocycles. The van der Waals surface area contributed by atoms with Crippen molar-refractivity contribution in [2.45, 2.75) is 39.5 Å². The van der Waals surface area contributed by atoms with Crippen LogP contribution in [0.4, 0.5) is 0 Å². The SMILES string of the molecule is CCOCC.[CH2-]CC[CH2-].[CH2-]CC[CH2-].[Li+].[Li+].[Ni+2]. The Hall–Kier alpha value is 1.65. The van der Waals surface area contributed by atoms with Gasteiger partial charge >= 0.3 is 54.2 Å². The number of hydrogen-bond donors (Lipinski definition) is 0. The molecule has 0 heterocycles. The van der Waals surface area contributed by atoms with Crippen molar-refractivity contribution in [3.8, 4) is 0 Å². The number of ether oxygens (including phenoxy) is 1. The van der Waals surface area contributed by atoms with E-state index in [1.807, 2.05) is 13.8 Å². The molecule has 0 saturated carbocycles. The molecule has 1 nitrogen and oxygen atoms in total. The van der Waals surface area contributed by atoms with Crippen molar-refractivity contribution in [2.75, 3.05) is 13.2 Å². The molecule has 0 N–H and O–H groups in total. The zero-order valence-corrected chi connectivity index (χ0v) is 12.8. The van der Waals surface area contributed by atoms with Crippen molar-refractivity contribution in [2.24, 2.45) is 0 Å². The van der Waals surface area contributed by atoms with Gasteiger partial charge in [0.25, 0.3) is 0 Å². The summed E-state index contributed by atoms with van der Waals surface area (Å²) in [6, 6.07) is 0. The van der Waals surface area contributed by atoms with Crippen LogP contribution in [0, 0.1) is 27.7 Å². The fraction of sp³-hybridized carbons (Fsp3) is 0.667. The molecule has 0 radical (unpaired) electrons. The van der Waals surface area contributed by atoms with Gasteiger partial charge in [-0.05, 0) is 13.8 Å². The quantitative estimate of drug-likeness (QED) is 0.416. The van der Waals surface area contributed by atoms with Crippen molar-refractivity contribution in [1.82, 2.24) is 0 Å². The van der Waals surface area contributed by atoms with Crippen LogP contribution in [0.2, 0.25) is 0 Å². The first-order valence-electron chi connectivity index (χ1n) is 4.99. The third-order valence-electron chi connectivity index (χ3n) is 0.908. The van der Waals surface area contributed by atoms with E-state index in [9.17, 15) is 0 Å². The third-order valence-corrected chi connectivity index (χ3v) is 0.908. The minimum Gasteiger partial charge on any atom is -0.382 e. The average molecular weight is 259 g/mol. The largest absolute Gasteiger partial charge is 2.00 e. The summed E-state index contributed by atoms with van der Waals surface area (Å²) in [5, 5.41) is 0. The van der Waals surface area contributed by atoms with Crippen molar-refractivity contribution in [3.05, 3.63) is 27.7 Å². The predicted octanol–water partition coefficient (Wildman–Crippen LogP) is -2.08. The fourth-order valence-corrected chi connectivity index (χ4v) is 0.204. The van der Waals surface area contributed by atoms with E-state index in [1.54, 1.807) is 0 Å². The van der Waals surface area contributed by atoms with E-state index in [0.29, 0.717) is 0 Å². The Bertz CT molecular complexity index is 48.3. The van der Waals surface area contributed by atoms with Crippen LogP contribution in [0.3, 0.4) is 0 Å². The zero-order chi connectivity index (χ0) is 10.9.